The van der Waals surface area contributed by atoms with Crippen LogP contribution in [0.25, 0.3) is 183 Å². The highest BCUT2D eigenvalue weighted by Crippen LogP contribution is 2.60. The van der Waals surface area contributed by atoms with Crippen molar-refractivity contribution in [1.29, 1.82) is 0 Å². The van der Waals surface area contributed by atoms with Gasteiger partial charge in [0.2, 0.25) is 0 Å². The summed E-state index contributed by atoms with van der Waals surface area (Å²) in [6, 6.07) is 57.3. The monoisotopic (exact) mass is 720 g/mol. The highest BCUT2D eigenvalue weighted by Gasteiger charge is 2.31. The molecule has 0 aliphatic rings. The summed E-state index contributed by atoms with van der Waals surface area (Å²) in [7, 11) is 0. The van der Waals surface area contributed by atoms with E-state index < -0.39 is 0 Å². The van der Waals surface area contributed by atoms with Crippen molar-refractivity contribution in [3.05, 3.63) is 146 Å². The van der Waals surface area contributed by atoms with Crippen LogP contribution >= 0.6 is 0 Å². The van der Waals surface area contributed by atoms with Gasteiger partial charge in [-0.1, -0.05) is 133 Å². The molecule has 18 rings (SSSR count). The van der Waals surface area contributed by atoms with E-state index in [-0.39, 0.29) is 0 Å². The summed E-state index contributed by atoms with van der Waals surface area (Å²) < 4.78 is 0. The van der Waals surface area contributed by atoms with Gasteiger partial charge in [0.15, 0.2) is 0 Å². The summed E-state index contributed by atoms with van der Waals surface area (Å²) in [6.07, 6.45) is 0. The summed E-state index contributed by atoms with van der Waals surface area (Å²) in [5.41, 5.74) is 0. The summed E-state index contributed by atoms with van der Waals surface area (Å²) in [5.74, 6) is 0. The summed E-state index contributed by atoms with van der Waals surface area (Å²) in [6.45, 7) is 0. The molecule has 58 heavy (non-hydrogen) atoms. The fraction of sp³-hybridized carbons (Fsp3) is 0. The van der Waals surface area contributed by atoms with E-state index in [1.165, 1.54) is 183 Å². The Morgan fingerprint density at radius 1 is 0.138 bits per heavy atom. The molecule has 0 heterocycles. The molecule has 0 atom stereocenters. The van der Waals surface area contributed by atoms with Crippen molar-refractivity contribution in [1.82, 2.24) is 0 Å². The van der Waals surface area contributed by atoms with E-state index in [9.17, 15) is 0 Å². The van der Waals surface area contributed by atoms with Crippen LogP contribution in [-0.2, 0) is 0 Å². The second kappa shape index (κ2) is 8.28. The van der Waals surface area contributed by atoms with Crippen LogP contribution in [0.2, 0.25) is 0 Å². The predicted octanol–water partition coefficient (Wildman–Crippen LogP) is 16.8. The Morgan fingerprint density at radius 2 is 0.448 bits per heavy atom. The first-order chi connectivity index (χ1) is 28.8. The van der Waals surface area contributed by atoms with Crippen LogP contribution < -0.4 is 0 Å². The SMILES string of the molecule is c1ccc2c(c1)c1cccc3c4cc5ccc6ccc7c8ccc9c%10cccc%11ccc%12ccc%13c%14cc%15c%16ccc2c(c13)c%16c4c1c5c6c7c(c%14c8c9c%13c%12c%11%10)c%151. The van der Waals surface area contributed by atoms with Gasteiger partial charge in [0.25, 0.3) is 0 Å². The van der Waals surface area contributed by atoms with E-state index in [4.69, 9.17) is 0 Å². The van der Waals surface area contributed by atoms with Crippen molar-refractivity contribution in [3.8, 4) is 0 Å². The van der Waals surface area contributed by atoms with Gasteiger partial charge in [-0.15, -0.1) is 0 Å². The minimum atomic E-state index is 1.32. The molecule has 0 amide bonds. The molecule has 0 heteroatoms. The third-order valence-corrected chi connectivity index (χ3v) is 15.6. The van der Waals surface area contributed by atoms with Gasteiger partial charge in [-0.3, -0.25) is 0 Å². The first-order valence-electron chi connectivity index (χ1n) is 20.7. The lowest BCUT2D eigenvalue weighted by Crippen LogP contribution is -2.00. The van der Waals surface area contributed by atoms with Crippen LogP contribution in [0.15, 0.2) is 146 Å². The average molecular weight is 721 g/mol. The first kappa shape index (κ1) is 27.1. The number of hydrogen-bond donors (Lipinski definition) is 0. The molecular weight excluding hydrogens is 697 g/mol. The van der Waals surface area contributed by atoms with Gasteiger partial charge in [-0.2, -0.15) is 0 Å². The third-order valence-electron chi connectivity index (χ3n) is 15.6. The Morgan fingerprint density at radius 3 is 1.10 bits per heavy atom. The summed E-state index contributed by atoms with van der Waals surface area (Å²) in [5, 5.41) is 47.4. The van der Waals surface area contributed by atoms with Crippen molar-refractivity contribution in [3.63, 3.8) is 0 Å². The molecule has 18 aromatic rings. The third kappa shape index (κ3) is 2.49. The first-order valence-corrected chi connectivity index (χ1v) is 20.7. The van der Waals surface area contributed by atoms with Gasteiger partial charge in [-0.25, -0.2) is 0 Å². The van der Waals surface area contributed by atoms with E-state index >= 15 is 0 Å². The quantitative estimate of drug-likeness (QED) is 0.108. The Kier molecular flexibility index (Phi) is 3.87. The van der Waals surface area contributed by atoms with Gasteiger partial charge in [0, 0.05) is 0 Å². The molecule has 0 fully saturated rings. The van der Waals surface area contributed by atoms with E-state index in [1.807, 2.05) is 0 Å². The largest absolute Gasteiger partial charge is 0.0616 e. The lowest BCUT2D eigenvalue weighted by molar-refractivity contribution is 1.81. The molecule has 0 aromatic heterocycles. The Hall–Kier alpha value is -7.54. The van der Waals surface area contributed by atoms with Crippen molar-refractivity contribution < 1.29 is 0 Å². The van der Waals surface area contributed by atoms with E-state index in [0.29, 0.717) is 0 Å². The lowest BCUT2D eigenvalue weighted by atomic mass is 9.74. The lowest BCUT2D eigenvalue weighted by Gasteiger charge is -2.28. The minimum absolute atomic E-state index is 1.32. The van der Waals surface area contributed by atoms with Crippen LogP contribution in [0.3, 0.4) is 0 Å². The molecule has 18 aromatic carbocycles. The molecule has 0 unspecified atom stereocenters. The zero-order chi connectivity index (χ0) is 36.6. The number of benzene rings is 18. The molecule has 0 aliphatic carbocycles. The fourth-order valence-electron chi connectivity index (χ4n) is 13.7. The standard InChI is InChI=1S/C58H24/c1-2-7-30-29(6-1)31-9-4-10-33-40-23-28-14-13-27-15-17-35-37-21-20-36-32-8-3-5-25-11-12-26-16-18-38-41-24-42-39-22-19-34(30)50(47(31)33)53(39)54(40)57-46(28)45(27)49(35)58(56(42)57)55(41)52(37)51(36)48(38)44(26)43(25)32/h1-24H. The molecule has 0 saturated heterocycles. The topological polar surface area (TPSA) is 0 Å². The van der Waals surface area contributed by atoms with Crippen LogP contribution in [0, 0.1) is 0 Å². The highest BCUT2D eigenvalue weighted by molar-refractivity contribution is 6.60. The Bertz CT molecular complexity index is 4870. The second-order valence-electron chi connectivity index (χ2n) is 17.7. The summed E-state index contributed by atoms with van der Waals surface area (Å²) >= 11 is 0. The predicted molar refractivity (Wildman–Crippen MR) is 254 cm³/mol. The molecule has 0 saturated carbocycles. The number of fused-ring (bicyclic) bond motifs is 8. The highest BCUT2D eigenvalue weighted by atomic mass is 14.3. The van der Waals surface area contributed by atoms with Crippen LogP contribution in [0.4, 0.5) is 0 Å². The molecule has 0 nitrogen and oxygen atoms in total. The molecule has 256 valence electrons. The van der Waals surface area contributed by atoms with Gasteiger partial charge in [-0.05, 0) is 195 Å². The van der Waals surface area contributed by atoms with E-state index in [0.717, 1.165) is 0 Å². The smallest absolute Gasteiger partial charge is 0.0000695 e. The van der Waals surface area contributed by atoms with Crippen LogP contribution in [0.1, 0.15) is 0 Å². The molecular formula is C58H24. The zero-order valence-corrected chi connectivity index (χ0v) is 30.9. The molecule has 0 spiro atoms. The number of rotatable bonds is 0. The van der Waals surface area contributed by atoms with Crippen molar-refractivity contribution in [2.24, 2.45) is 0 Å². The fourth-order valence-corrected chi connectivity index (χ4v) is 13.7. The van der Waals surface area contributed by atoms with Crippen LogP contribution in [-0.4, -0.2) is 0 Å². The Labute approximate surface area is 327 Å². The van der Waals surface area contributed by atoms with Crippen molar-refractivity contribution in [2.75, 3.05) is 0 Å². The number of hydrogen-bond acceptors (Lipinski definition) is 0. The normalized spacial score (nSPS) is 13.9. The molecule has 0 bridgehead atoms. The zero-order valence-electron chi connectivity index (χ0n) is 30.9. The average Bonchev–Trinajstić information content (AvgIpc) is 3.28. The van der Waals surface area contributed by atoms with Gasteiger partial charge in [0.1, 0.15) is 0 Å². The second-order valence-corrected chi connectivity index (χ2v) is 17.7. The maximum Gasteiger partial charge on any atom is -0.0000695 e. The van der Waals surface area contributed by atoms with Crippen molar-refractivity contribution in [2.45, 2.75) is 0 Å². The van der Waals surface area contributed by atoms with Crippen LogP contribution in [0.5, 0.6) is 0 Å². The van der Waals surface area contributed by atoms with E-state index in [2.05, 4.69) is 146 Å². The van der Waals surface area contributed by atoms with Gasteiger partial charge >= 0.3 is 0 Å². The summed E-state index contributed by atoms with van der Waals surface area (Å²) in [4.78, 5) is 0. The van der Waals surface area contributed by atoms with E-state index in [1.54, 1.807) is 0 Å². The van der Waals surface area contributed by atoms with Gasteiger partial charge < -0.3 is 0 Å². The molecule has 0 aliphatic heterocycles. The molecule has 0 radical (unpaired) electrons. The minimum Gasteiger partial charge on any atom is -0.0616 e. The van der Waals surface area contributed by atoms with Gasteiger partial charge in [0.05, 0.1) is 0 Å². The maximum atomic E-state index is 2.64. The maximum absolute atomic E-state index is 2.64. The Balaban J connectivity index is 1.26. The van der Waals surface area contributed by atoms with Crippen molar-refractivity contribution >= 4 is 183 Å². The molecule has 0 N–H and O–H groups in total.